The Balaban J connectivity index is 1.71. The van der Waals surface area contributed by atoms with Crippen LogP contribution in [0.5, 0.6) is 0 Å². The van der Waals surface area contributed by atoms with Gasteiger partial charge in [-0.3, -0.25) is 24.6 Å². The zero-order valence-corrected chi connectivity index (χ0v) is 17.1. The number of hydrogen-bond donors (Lipinski definition) is 0. The van der Waals surface area contributed by atoms with E-state index in [2.05, 4.69) is 0 Å². The molecule has 1 saturated heterocycles. The molecule has 1 aliphatic heterocycles. The van der Waals surface area contributed by atoms with E-state index >= 15 is 0 Å². The number of nitro benzene ring substituents is 1. The van der Waals surface area contributed by atoms with E-state index in [1.807, 2.05) is 0 Å². The van der Waals surface area contributed by atoms with Crippen LogP contribution in [0.1, 0.15) is 11.3 Å². The first-order chi connectivity index (χ1) is 15.3. The van der Waals surface area contributed by atoms with Gasteiger partial charge in [0.15, 0.2) is 0 Å². The smallest absolute Gasteiger partial charge is 0.338 e. The van der Waals surface area contributed by atoms with Crippen LogP contribution in [0.3, 0.4) is 0 Å². The number of carbonyl (C=O) groups is 3. The number of carbonyl (C=O) groups excluding carboxylic acids is 3. The number of nitrogens with zero attached hydrogens (tertiary/aromatic N) is 3. The Hall–Kier alpha value is -4.53. The minimum absolute atomic E-state index is 0.0462. The first-order valence-electron chi connectivity index (χ1n) is 9.56. The third-order valence-electron chi connectivity index (χ3n) is 5.06. The number of urea groups is 1. The van der Waals surface area contributed by atoms with Crippen molar-refractivity contribution in [1.29, 1.82) is 0 Å². The van der Waals surface area contributed by atoms with Crippen LogP contribution in [0.25, 0.3) is 17.4 Å². The third kappa shape index (κ3) is 3.56. The average Bonchev–Trinajstić information content (AvgIpc) is 3.25. The number of barbiturate groups is 1. The van der Waals surface area contributed by atoms with Gasteiger partial charge in [-0.2, -0.15) is 0 Å². The molecule has 0 bridgehead atoms. The van der Waals surface area contributed by atoms with Crippen LogP contribution in [-0.2, 0) is 9.59 Å². The van der Waals surface area contributed by atoms with Crippen molar-refractivity contribution in [3.63, 3.8) is 0 Å². The molecule has 9 heteroatoms. The number of aryl methyl sites for hydroxylation is 1. The van der Waals surface area contributed by atoms with Gasteiger partial charge in [0.25, 0.3) is 17.5 Å². The fourth-order valence-corrected chi connectivity index (χ4v) is 3.33. The highest BCUT2D eigenvalue weighted by molar-refractivity contribution is 6.38. The monoisotopic (exact) mass is 431 g/mol. The van der Waals surface area contributed by atoms with E-state index < -0.39 is 22.8 Å². The van der Waals surface area contributed by atoms with Gasteiger partial charge in [0.05, 0.1) is 10.6 Å². The number of furan rings is 1. The molecule has 160 valence electrons. The third-order valence-corrected chi connectivity index (χ3v) is 5.06. The number of likely N-dealkylation sites (N-methyl/N-ethyl adjacent to an activating group) is 1. The van der Waals surface area contributed by atoms with Crippen LogP contribution in [0, 0.1) is 17.0 Å². The zero-order valence-electron chi connectivity index (χ0n) is 17.1. The lowest BCUT2D eigenvalue weighted by atomic mass is 10.1. The van der Waals surface area contributed by atoms with Gasteiger partial charge in [-0.1, -0.05) is 30.3 Å². The molecule has 2 heterocycles. The molecule has 1 fully saturated rings. The molecule has 1 aliphatic rings. The van der Waals surface area contributed by atoms with Crippen LogP contribution < -0.4 is 4.90 Å². The highest BCUT2D eigenvalue weighted by atomic mass is 16.6. The number of para-hydroxylation sites is 1. The molecular formula is C23H17N3O6. The first kappa shape index (κ1) is 20.7. The highest BCUT2D eigenvalue weighted by Gasteiger charge is 2.41. The Morgan fingerprint density at radius 3 is 2.38 bits per heavy atom. The Morgan fingerprint density at radius 2 is 1.69 bits per heavy atom. The minimum atomic E-state index is -0.770. The lowest BCUT2D eigenvalue weighted by Crippen LogP contribution is -2.55. The molecule has 0 spiro atoms. The standard InChI is InChI=1S/C23H17N3O6/c1-14-8-9-15(12-19(14)26(30)31)20-11-10-17(32-20)13-18-21(27)24(2)23(29)25(22(18)28)16-6-4-3-5-7-16/h3-13H,1-2H3/b18-13+. The van der Waals surface area contributed by atoms with Gasteiger partial charge >= 0.3 is 6.03 Å². The molecule has 0 N–H and O–H groups in total. The Labute approximate surface area is 182 Å². The summed E-state index contributed by atoms with van der Waals surface area (Å²) >= 11 is 0. The maximum atomic E-state index is 13.0. The fourth-order valence-electron chi connectivity index (χ4n) is 3.33. The normalized spacial score (nSPS) is 15.6. The van der Waals surface area contributed by atoms with Crippen molar-refractivity contribution < 1.29 is 23.7 Å². The first-order valence-corrected chi connectivity index (χ1v) is 9.56. The van der Waals surface area contributed by atoms with Crippen molar-refractivity contribution >= 4 is 35.3 Å². The molecule has 32 heavy (non-hydrogen) atoms. The summed E-state index contributed by atoms with van der Waals surface area (Å²) in [7, 11) is 1.29. The molecule has 0 saturated carbocycles. The average molecular weight is 431 g/mol. The molecule has 0 aliphatic carbocycles. The maximum absolute atomic E-state index is 13.0. The zero-order chi connectivity index (χ0) is 23.0. The fraction of sp³-hybridized carbons (Fsp3) is 0.0870. The molecule has 1 aromatic heterocycles. The van der Waals surface area contributed by atoms with Crippen LogP contribution in [0.2, 0.25) is 0 Å². The summed E-state index contributed by atoms with van der Waals surface area (Å²) in [5.74, 6) is -1.000. The molecule has 0 radical (unpaired) electrons. The second-order valence-corrected chi connectivity index (χ2v) is 7.14. The Kier molecular flexibility index (Phi) is 5.15. The maximum Gasteiger partial charge on any atom is 0.338 e. The summed E-state index contributed by atoms with van der Waals surface area (Å²) in [5, 5.41) is 11.2. The summed E-state index contributed by atoms with van der Waals surface area (Å²) in [6.45, 7) is 1.64. The van der Waals surface area contributed by atoms with Crippen molar-refractivity contribution in [2.24, 2.45) is 0 Å². The molecule has 9 nitrogen and oxygen atoms in total. The second kappa shape index (κ2) is 7.95. The number of nitro groups is 1. The van der Waals surface area contributed by atoms with E-state index in [0.717, 1.165) is 9.80 Å². The number of imide groups is 2. The van der Waals surface area contributed by atoms with Crippen LogP contribution in [0.15, 0.2) is 70.7 Å². The number of hydrogen-bond acceptors (Lipinski definition) is 6. The SMILES string of the molecule is Cc1ccc(-c2ccc(/C=C3\C(=O)N(C)C(=O)N(c4ccccc4)C3=O)o2)cc1[N+](=O)[O-]. The molecule has 3 aromatic rings. The quantitative estimate of drug-likeness (QED) is 0.265. The Morgan fingerprint density at radius 1 is 0.969 bits per heavy atom. The molecular weight excluding hydrogens is 414 g/mol. The molecule has 4 amide bonds. The van der Waals surface area contributed by atoms with Gasteiger partial charge in [-0.15, -0.1) is 0 Å². The molecule has 0 atom stereocenters. The van der Waals surface area contributed by atoms with E-state index in [9.17, 15) is 24.5 Å². The van der Waals surface area contributed by atoms with Crippen molar-refractivity contribution in [1.82, 2.24) is 4.90 Å². The van der Waals surface area contributed by atoms with Gasteiger partial charge < -0.3 is 4.42 Å². The van der Waals surface area contributed by atoms with Gasteiger partial charge in [-0.25, -0.2) is 9.69 Å². The van der Waals surface area contributed by atoms with Gasteiger partial charge in [0.2, 0.25) is 0 Å². The summed E-state index contributed by atoms with van der Waals surface area (Å²) in [6, 6.07) is 15.3. The topological polar surface area (TPSA) is 114 Å². The summed E-state index contributed by atoms with van der Waals surface area (Å²) < 4.78 is 5.72. The molecule has 0 unspecified atom stereocenters. The van der Waals surface area contributed by atoms with E-state index in [4.69, 9.17) is 4.42 Å². The summed E-state index contributed by atoms with van der Waals surface area (Å²) in [6.07, 6.45) is 1.26. The summed E-state index contributed by atoms with van der Waals surface area (Å²) in [5.41, 5.74) is 1.04. The van der Waals surface area contributed by atoms with Crippen LogP contribution in [0.4, 0.5) is 16.2 Å². The van der Waals surface area contributed by atoms with E-state index in [1.54, 1.807) is 55.5 Å². The number of rotatable bonds is 4. The lowest BCUT2D eigenvalue weighted by molar-refractivity contribution is -0.385. The summed E-state index contributed by atoms with van der Waals surface area (Å²) in [4.78, 5) is 50.7. The van der Waals surface area contributed by atoms with Crippen molar-refractivity contribution in [2.45, 2.75) is 6.92 Å². The number of benzene rings is 2. The predicted octanol–water partition coefficient (Wildman–Crippen LogP) is 4.17. The number of amides is 4. The second-order valence-electron chi connectivity index (χ2n) is 7.14. The predicted molar refractivity (Wildman–Crippen MR) is 116 cm³/mol. The van der Waals surface area contributed by atoms with Crippen molar-refractivity contribution in [2.75, 3.05) is 11.9 Å². The van der Waals surface area contributed by atoms with Crippen molar-refractivity contribution in [3.05, 3.63) is 87.7 Å². The molecule has 2 aromatic carbocycles. The van der Waals surface area contributed by atoms with Crippen LogP contribution >= 0.6 is 0 Å². The van der Waals surface area contributed by atoms with Crippen molar-refractivity contribution in [3.8, 4) is 11.3 Å². The molecule has 4 rings (SSSR count). The van der Waals surface area contributed by atoms with E-state index in [0.29, 0.717) is 22.6 Å². The lowest BCUT2D eigenvalue weighted by Gasteiger charge is -2.31. The number of anilines is 1. The minimum Gasteiger partial charge on any atom is -0.457 e. The highest BCUT2D eigenvalue weighted by Crippen LogP contribution is 2.30. The van der Waals surface area contributed by atoms with Gasteiger partial charge in [0, 0.05) is 24.2 Å². The largest absolute Gasteiger partial charge is 0.457 e. The van der Waals surface area contributed by atoms with E-state index in [-0.39, 0.29) is 17.0 Å². The van der Waals surface area contributed by atoms with E-state index in [1.165, 1.54) is 25.3 Å². The van der Waals surface area contributed by atoms with Gasteiger partial charge in [-0.05, 0) is 37.3 Å². The van der Waals surface area contributed by atoms with Gasteiger partial charge in [0.1, 0.15) is 17.1 Å². The Bertz CT molecular complexity index is 1290. The van der Waals surface area contributed by atoms with Crippen LogP contribution in [-0.4, -0.2) is 34.7 Å².